The Kier molecular flexibility index (Phi) is 14.9. The molecule has 0 spiro atoms. The zero-order valence-corrected chi connectivity index (χ0v) is 13.0. The van der Waals surface area contributed by atoms with Crippen molar-refractivity contribution in [3.63, 3.8) is 0 Å². The van der Waals surface area contributed by atoms with Crippen molar-refractivity contribution in [1.82, 2.24) is 0 Å². The van der Waals surface area contributed by atoms with E-state index in [0.29, 0.717) is 5.78 Å². The Bertz CT molecular complexity index is 277. The monoisotopic (exact) mass is 250 g/mol. The number of hydrogen-bond acceptors (Lipinski definition) is 1. The highest BCUT2D eigenvalue weighted by Gasteiger charge is 2.11. The van der Waals surface area contributed by atoms with Crippen LogP contribution in [0.2, 0.25) is 0 Å². The van der Waals surface area contributed by atoms with Gasteiger partial charge < -0.3 is 0 Å². The molecule has 104 valence electrons. The number of carbonyl (C=O) groups is 1. The first-order valence-electron chi connectivity index (χ1n) is 7.19. The molecule has 0 saturated carbocycles. The van der Waals surface area contributed by atoms with Crippen molar-refractivity contribution in [3.8, 4) is 0 Å². The van der Waals surface area contributed by atoms with E-state index >= 15 is 0 Å². The Morgan fingerprint density at radius 3 is 1.83 bits per heavy atom. The molecule has 0 unspecified atom stereocenters. The van der Waals surface area contributed by atoms with Crippen LogP contribution in [-0.2, 0) is 11.2 Å². The summed E-state index contributed by atoms with van der Waals surface area (Å²) in [6.45, 7) is 12.0. The normalized spacial score (nSPS) is 10.3. The Labute approximate surface area is 114 Å². The fourth-order valence-electron chi connectivity index (χ4n) is 1.47. The minimum absolute atomic E-state index is 0.197. The summed E-state index contributed by atoms with van der Waals surface area (Å²) < 4.78 is 0. The molecule has 1 aromatic carbocycles. The first-order valence-corrected chi connectivity index (χ1v) is 7.19. The lowest BCUT2D eigenvalue weighted by molar-refractivity contribution is -0.120. The molecular formula is C17H30O. The lowest BCUT2D eigenvalue weighted by atomic mass is 9.94. The summed E-state index contributed by atoms with van der Waals surface area (Å²) in [7, 11) is 0. The zero-order chi connectivity index (χ0) is 14.4. The molecule has 0 heterocycles. The first-order chi connectivity index (χ1) is 8.65. The molecule has 0 aromatic heterocycles. The lowest BCUT2D eigenvalue weighted by Crippen LogP contribution is -2.12. The van der Waals surface area contributed by atoms with Crippen molar-refractivity contribution in [1.29, 1.82) is 0 Å². The standard InChI is InChI=1S/C12H16O.C3H8.C2H6/c1-3-12(10(2)13)9-11-7-5-4-6-8-11;1-3-2;1-2/h4-8,12H,3,9H2,1-2H3;3H2,1-2H3;1-2H3/t12-;;/m0../s1. The summed E-state index contributed by atoms with van der Waals surface area (Å²) in [6.07, 6.45) is 3.07. The molecular weight excluding hydrogens is 220 g/mol. The molecule has 1 aromatic rings. The third kappa shape index (κ3) is 10.1. The van der Waals surface area contributed by atoms with Crippen molar-refractivity contribution in [2.45, 2.75) is 60.8 Å². The molecule has 1 nitrogen and oxygen atoms in total. The predicted octanol–water partition coefficient (Wildman–Crippen LogP) is 5.29. The fraction of sp³-hybridized carbons (Fsp3) is 0.588. The molecule has 1 rings (SSSR count). The highest BCUT2D eigenvalue weighted by atomic mass is 16.1. The van der Waals surface area contributed by atoms with Crippen LogP contribution in [0.5, 0.6) is 0 Å². The molecule has 18 heavy (non-hydrogen) atoms. The van der Waals surface area contributed by atoms with E-state index in [1.54, 1.807) is 6.92 Å². The average molecular weight is 250 g/mol. The zero-order valence-electron chi connectivity index (χ0n) is 13.0. The van der Waals surface area contributed by atoms with E-state index < -0.39 is 0 Å². The highest BCUT2D eigenvalue weighted by molar-refractivity contribution is 5.78. The molecule has 0 radical (unpaired) electrons. The van der Waals surface area contributed by atoms with Gasteiger partial charge in [0.05, 0.1) is 0 Å². The number of hydrogen-bond donors (Lipinski definition) is 0. The second-order valence-electron chi connectivity index (χ2n) is 4.11. The van der Waals surface area contributed by atoms with E-state index in [-0.39, 0.29) is 5.92 Å². The average Bonchev–Trinajstić information content (AvgIpc) is 2.40. The summed E-state index contributed by atoms with van der Waals surface area (Å²) in [6, 6.07) is 10.2. The molecule has 0 fully saturated rings. The third-order valence-electron chi connectivity index (χ3n) is 2.39. The summed E-state index contributed by atoms with van der Waals surface area (Å²) in [5.41, 5.74) is 1.25. The minimum atomic E-state index is 0.197. The van der Waals surface area contributed by atoms with Crippen LogP contribution in [0.25, 0.3) is 0 Å². The number of Topliss-reactive ketones (excluding diaryl/α,β-unsaturated/α-hetero) is 1. The first kappa shape index (κ1) is 19.2. The third-order valence-corrected chi connectivity index (χ3v) is 2.39. The van der Waals surface area contributed by atoms with Crippen LogP contribution in [0, 0.1) is 5.92 Å². The maximum atomic E-state index is 11.2. The Morgan fingerprint density at radius 1 is 1.06 bits per heavy atom. The summed E-state index contributed by atoms with van der Waals surface area (Å²) in [4.78, 5) is 11.2. The highest BCUT2D eigenvalue weighted by Crippen LogP contribution is 2.12. The van der Waals surface area contributed by atoms with E-state index in [1.807, 2.05) is 32.0 Å². The fourth-order valence-corrected chi connectivity index (χ4v) is 1.47. The van der Waals surface area contributed by atoms with Gasteiger partial charge in [0.2, 0.25) is 0 Å². The number of benzene rings is 1. The molecule has 0 aliphatic heterocycles. The van der Waals surface area contributed by atoms with E-state index in [4.69, 9.17) is 0 Å². The van der Waals surface area contributed by atoms with Gasteiger partial charge in [0, 0.05) is 5.92 Å². The van der Waals surface area contributed by atoms with E-state index in [1.165, 1.54) is 12.0 Å². The van der Waals surface area contributed by atoms with E-state index in [9.17, 15) is 4.79 Å². The van der Waals surface area contributed by atoms with Gasteiger partial charge in [-0.1, -0.05) is 71.4 Å². The summed E-state index contributed by atoms with van der Waals surface area (Å²) in [5, 5.41) is 0. The van der Waals surface area contributed by atoms with Crippen LogP contribution in [0.1, 0.15) is 59.9 Å². The predicted molar refractivity (Wildman–Crippen MR) is 81.9 cm³/mol. The van der Waals surface area contributed by atoms with Gasteiger partial charge in [0.1, 0.15) is 5.78 Å². The van der Waals surface area contributed by atoms with Gasteiger partial charge in [-0.25, -0.2) is 0 Å². The maximum Gasteiger partial charge on any atom is 0.133 e. The van der Waals surface area contributed by atoms with Crippen molar-refractivity contribution in [3.05, 3.63) is 35.9 Å². The molecule has 0 aliphatic rings. The topological polar surface area (TPSA) is 17.1 Å². The molecule has 0 aliphatic carbocycles. The Morgan fingerprint density at radius 2 is 1.50 bits per heavy atom. The summed E-state index contributed by atoms with van der Waals surface area (Å²) >= 11 is 0. The van der Waals surface area contributed by atoms with Crippen LogP contribution in [0.3, 0.4) is 0 Å². The second-order valence-corrected chi connectivity index (χ2v) is 4.11. The lowest BCUT2D eigenvalue weighted by Gasteiger charge is -2.10. The van der Waals surface area contributed by atoms with Gasteiger partial charge in [-0.15, -0.1) is 0 Å². The molecule has 1 heteroatoms. The smallest absolute Gasteiger partial charge is 0.133 e. The Hall–Kier alpha value is -1.11. The van der Waals surface area contributed by atoms with E-state index in [2.05, 4.69) is 32.9 Å². The molecule has 0 N–H and O–H groups in total. The molecule has 0 amide bonds. The number of ketones is 1. The van der Waals surface area contributed by atoms with Gasteiger partial charge in [-0.3, -0.25) is 4.79 Å². The minimum Gasteiger partial charge on any atom is -0.300 e. The summed E-state index contributed by atoms with van der Waals surface area (Å²) in [5.74, 6) is 0.494. The molecule has 0 saturated heterocycles. The maximum absolute atomic E-state index is 11.2. The van der Waals surface area contributed by atoms with Crippen molar-refractivity contribution < 1.29 is 4.79 Å². The largest absolute Gasteiger partial charge is 0.300 e. The van der Waals surface area contributed by atoms with Crippen molar-refractivity contribution in [2.24, 2.45) is 5.92 Å². The Balaban J connectivity index is 0. The molecule has 1 atom stereocenters. The molecule has 0 bridgehead atoms. The quantitative estimate of drug-likeness (QED) is 0.710. The van der Waals surface area contributed by atoms with Crippen molar-refractivity contribution in [2.75, 3.05) is 0 Å². The van der Waals surface area contributed by atoms with Crippen LogP contribution >= 0.6 is 0 Å². The van der Waals surface area contributed by atoms with Crippen LogP contribution in [0.15, 0.2) is 30.3 Å². The second kappa shape index (κ2) is 14.0. The number of carbonyl (C=O) groups excluding carboxylic acids is 1. The van der Waals surface area contributed by atoms with Crippen LogP contribution in [0.4, 0.5) is 0 Å². The number of rotatable bonds is 4. The SMILES string of the molecule is CC.CCC.CC[C@@H](Cc1ccccc1)C(C)=O. The van der Waals surface area contributed by atoms with Gasteiger partial charge >= 0.3 is 0 Å². The van der Waals surface area contributed by atoms with Gasteiger partial charge in [0.15, 0.2) is 0 Å². The van der Waals surface area contributed by atoms with Gasteiger partial charge in [-0.2, -0.15) is 0 Å². The van der Waals surface area contributed by atoms with Gasteiger partial charge in [0.25, 0.3) is 0 Å². The van der Waals surface area contributed by atoms with Gasteiger partial charge in [-0.05, 0) is 25.3 Å². The van der Waals surface area contributed by atoms with Crippen LogP contribution in [-0.4, -0.2) is 5.78 Å². The van der Waals surface area contributed by atoms with Crippen molar-refractivity contribution >= 4 is 5.78 Å². The van der Waals surface area contributed by atoms with Crippen LogP contribution < -0.4 is 0 Å². The van der Waals surface area contributed by atoms with E-state index in [0.717, 1.165) is 12.8 Å².